The maximum atomic E-state index is 3.67. The average Bonchev–Trinajstić information content (AvgIpc) is 2.38. The molecule has 0 aromatic heterocycles. The van der Waals surface area contributed by atoms with E-state index in [4.69, 9.17) is 0 Å². The Kier molecular flexibility index (Phi) is 2.83. The lowest BCUT2D eigenvalue weighted by Crippen LogP contribution is -2.18. The van der Waals surface area contributed by atoms with E-state index in [-0.39, 0.29) is 0 Å². The fourth-order valence-corrected chi connectivity index (χ4v) is 2.89. The maximum absolute atomic E-state index is 3.67. The molecule has 92 valence electrons. The van der Waals surface area contributed by atoms with Gasteiger partial charge in [0, 0.05) is 5.69 Å². The number of para-hydroxylation sites is 1. The summed E-state index contributed by atoms with van der Waals surface area (Å²) in [6, 6.07) is 15.9. The van der Waals surface area contributed by atoms with Crippen LogP contribution in [-0.4, -0.2) is 0 Å². The van der Waals surface area contributed by atoms with Gasteiger partial charge in [-0.05, 0) is 49.4 Å². The van der Waals surface area contributed by atoms with Crippen LogP contribution in [0.2, 0.25) is 0 Å². The van der Waals surface area contributed by atoms with Gasteiger partial charge in [-0.3, -0.25) is 0 Å². The van der Waals surface area contributed by atoms with Gasteiger partial charge in [0.25, 0.3) is 0 Å². The normalized spacial score (nSPS) is 18.0. The van der Waals surface area contributed by atoms with Gasteiger partial charge in [0.1, 0.15) is 0 Å². The van der Waals surface area contributed by atoms with Crippen molar-refractivity contribution in [3.63, 3.8) is 0 Å². The molecule has 1 nitrogen and oxygen atoms in total. The van der Waals surface area contributed by atoms with Crippen LogP contribution in [0.1, 0.15) is 34.7 Å². The van der Waals surface area contributed by atoms with Crippen molar-refractivity contribution in [1.29, 1.82) is 0 Å². The van der Waals surface area contributed by atoms with Crippen molar-refractivity contribution in [2.75, 3.05) is 5.32 Å². The Morgan fingerprint density at radius 1 is 1.06 bits per heavy atom. The lowest BCUT2D eigenvalue weighted by atomic mass is 9.90. The molecule has 0 fully saturated rings. The highest BCUT2D eigenvalue weighted by molar-refractivity contribution is 5.55. The molecule has 1 aliphatic rings. The number of aryl methyl sites for hydroxylation is 3. The van der Waals surface area contributed by atoms with Crippen molar-refractivity contribution in [3.8, 4) is 0 Å². The summed E-state index contributed by atoms with van der Waals surface area (Å²) in [4.78, 5) is 0. The standard InChI is InChI=1S/C17H19N/c1-12-7-9-15(13(2)11-12)17-10-8-14-5-3-4-6-16(14)18-17/h3-7,9,11,17-18H,8,10H2,1-2H3/t17-/m0/s1. The van der Waals surface area contributed by atoms with E-state index in [0.29, 0.717) is 6.04 Å². The summed E-state index contributed by atoms with van der Waals surface area (Å²) in [6.45, 7) is 4.37. The average molecular weight is 237 g/mol. The van der Waals surface area contributed by atoms with Crippen molar-refractivity contribution in [3.05, 3.63) is 64.7 Å². The summed E-state index contributed by atoms with van der Waals surface area (Å²) in [5.41, 5.74) is 6.92. The zero-order chi connectivity index (χ0) is 12.5. The minimum atomic E-state index is 0.459. The molecule has 0 saturated carbocycles. The third kappa shape index (κ3) is 2.01. The molecule has 1 heterocycles. The molecule has 1 atom stereocenters. The van der Waals surface area contributed by atoms with Gasteiger partial charge in [0.05, 0.1) is 6.04 Å². The van der Waals surface area contributed by atoms with Crippen LogP contribution in [0.25, 0.3) is 0 Å². The van der Waals surface area contributed by atoms with Crippen molar-refractivity contribution < 1.29 is 0 Å². The second-order valence-corrected chi connectivity index (χ2v) is 5.25. The van der Waals surface area contributed by atoms with Gasteiger partial charge in [-0.2, -0.15) is 0 Å². The van der Waals surface area contributed by atoms with Gasteiger partial charge in [0.2, 0.25) is 0 Å². The van der Waals surface area contributed by atoms with E-state index >= 15 is 0 Å². The smallest absolute Gasteiger partial charge is 0.0519 e. The SMILES string of the molecule is Cc1ccc([C@@H]2CCc3ccccc3N2)c(C)c1. The van der Waals surface area contributed by atoms with Crippen molar-refractivity contribution in [2.45, 2.75) is 32.7 Å². The molecule has 1 heteroatoms. The third-order valence-electron chi connectivity index (χ3n) is 3.85. The first-order valence-electron chi connectivity index (χ1n) is 6.65. The van der Waals surface area contributed by atoms with Gasteiger partial charge in [0.15, 0.2) is 0 Å². The Morgan fingerprint density at radius 3 is 2.72 bits per heavy atom. The fraction of sp³-hybridized carbons (Fsp3) is 0.294. The molecule has 2 aromatic carbocycles. The molecular weight excluding hydrogens is 218 g/mol. The fourth-order valence-electron chi connectivity index (χ4n) is 2.89. The molecule has 1 aliphatic heterocycles. The van der Waals surface area contributed by atoms with Crippen LogP contribution in [0.3, 0.4) is 0 Å². The molecule has 0 amide bonds. The summed E-state index contributed by atoms with van der Waals surface area (Å²) in [6.07, 6.45) is 2.35. The Labute approximate surface area is 109 Å². The van der Waals surface area contributed by atoms with Crippen LogP contribution in [0.4, 0.5) is 5.69 Å². The predicted molar refractivity (Wildman–Crippen MR) is 77.0 cm³/mol. The number of hydrogen-bond acceptors (Lipinski definition) is 1. The molecule has 3 rings (SSSR count). The van der Waals surface area contributed by atoms with E-state index in [0.717, 1.165) is 0 Å². The van der Waals surface area contributed by atoms with E-state index in [1.807, 2.05) is 0 Å². The maximum Gasteiger partial charge on any atom is 0.0519 e. The molecule has 1 N–H and O–H groups in total. The largest absolute Gasteiger partial charge is 0.378 e. The van der Waals surface area contributed by atoms with Crippen LogP contribution < -0.4 is 5.32 Å². The first-order valence-corrected chi connectivity index (χ1v) is 6.65. The topological polar surface area (TPSA) is 12.0 Å². The van der Waals surface area contributed by atoms with Gasteiger partial charge in [-0.1, -0.05) is 42.0 Å². The lowest BCUT2D eigenvalue weighted by molar-refractivity contribution is 0.664. The molecule has 0 bridgehead atoms. The summed E-state index contributed by atoms with van der Waals surface area (Å²) in [7, 11) is 0. The molecule has 0 radical (unpaired) electrons. The van der Waals surface area contributed by atoms with Crippen LogP contribution in [-0.2, 0) is 6.42 Å². The van der Waals surface area contributed by atoms with Crippen LogP contribution in [0.15, 0.2) is 42.5 Å². The summed E-state index contributed by atoms with van der Waals surface area (Å²) in [5.74, 6) is 0. The molecule has 0 saturated heterocycles. The zero-order valence-corrected chi connectivity index (χ0v) is 11.0. The van der Waals surface area contributed by atoms with Crippen LogP contribution >= 0.6 is 0 Å². The summed E-state index contributed by atoms with van der Waals surface area (Å²) in [5, 5.41) is 3.67. The van der Waals surface area contributed by atoms with E-state index < -0.39 is 0 Å². The Morgan fingerprint density at radius 2 is 1.89 bits per heavy atom. The summed E-state index contributed by atoms with van der Waals surface area (Å²) >= 11 is 0. The third-order valence-corrected chi connectivity index (χ3v) is 3.85. The second-order valence-electron chi connectivity index (χ2n) is 5.25. The highest BCUT2D eigenvalue weighted by Gasteiger charge is 2.19. The van der Waals surface area contributed by atoms with Crippen molar-refractivity contribution >= 4 is 5.69 Å². The number of rotatable bonds is 1. The van der Waals surface area contributed by atoms with Crippen molar-refractivity contribution in [1.82, 2.24) is 0 Å². The highest BCUT2D eigenvalue weighted by atomic mass is 14.9. The number of fused-ring (bicyclic) bond motifs is 1. The van der Waals surface area contributed by atoms with Gasteiger partial charge in [-0.15, -0.1) is 0 Å². The highest BCUT2D eigenvalue weighted by Crippen LogP contribution is 2.33. The first kappa shape index (κ1) is 11.3. The van der Waals surface area contributed by atoms with Crippen LogP contribution in [0, 0.1) is 13.8 Å². The number of nitrogens with one attached hydrogen (secondary N) is 1. The minimum absolute atomic E-state index is 0.459. The molecule has 18 heavy (non-hydrogen) atoms. The molecule has 2 aromatic rings. The zero-order valence-electron chi connectivity index (χ0n) is 11.0. The first-order chi connectivity index (χ1) is 8.74. The number of hydrogen-bond donors (Lipinski definition) is 1. The Bertz CT molecular complexity index is 572. The second kappa shape index (κ2) is 4.49. The Hall–Kier alpha value is -1.76. The van der Waals surface area contributed by atoms with Gasteiger partial charge in [-0.25, -0.2) is 0 Å². The monoisotopic (exact) mass is 237 g/mol. The van der Waals surface area contributed by atoms with E-state index in [9.17, 15) is 0 Å². The van der Waals surface area contributed by atoms with Gasteiger partial charge >= 0.3 is 0 Å². The lowest BCUT2D eigenvalue weighted by Gasteiger charge is -2.28. The van der Waals surface area contributed by atoms with Crippen LogP contribution in [0.5, 0.6) is 0 Å². The number of benzene rings is 2. The Balaban J connectivity index is 1.92. The van der Waals surface area contributed by atoms with E-state index in [1.165, 1.54) is 40.8 Å². The quantitative estimate of drug-likeness (QED) is 0.775. The molecule has 0 unspecified atom stereocenters. The van der Waals surface area contributed by atoms with Gasteiger partial charge < -0.3 is 5.32 Å². The number of anilines is 1. The molecular formula is C17H19N. The van der Waals surface area contributed by atoms with Crippen molar-refractivity contribution in [2.24, 2.45) is 0 Å². The van der Waals surface area contributed by atoms with E-state index in [1.54, 1.807) is 0 Å². The molecule has 0 aliphatic carbocycles. The summed E-state index contributed by atoms with van der Waals surface area (Å²) < 4.78 is 0. The predicted octanol–water partition coefficient (Wildman–Crippen LogP) is 4.40. The van der Waals surface area contributed by atoms with E-state index in [2.05, 4.69) is 61.6 Å². The minimum Gasteiger partial charge on any atom is -0.378 e. The molecule has 0 spiro atoms.